The minimum Gasteiger partial charge on any atom is -0.308 e. The van der Waals surface area contributed by atoms with Gasteiger partial charge in [0.1, 0.15) is 10.7 Å². The van der Waals surface area contributed by atoms with E-state index >= 15 is 0 Å². The predicted molar refractivity (Wildman–Crippen MR) is 83.8 cm³/mol. The highest BCUT2D eigenvalue weighted by molar-refractivity contribution is 7.91. The van der Waals surface area contributed by atoms with E-state index in [1.54, 1.807) is 0 Å². The summed E-state index contributed by atoms with van der Waals surface area (Å²) in [6.07, 6.45) is 0.658. The molecule has 0 unspecified atom stereocenters. The van der Waals surface area contributed by atoms with Crippen molar-refractivity contribution in [2.24, 2.45) is 5.84 Å². The third-order valence-corrected chi connectivity index (χ3v) is 6.04. The summed E-state index contributed by atoms with van der Waals surface area (Å²) in [6.45, 7) is 1.81. The average Bonchev–Trinajstić information content (AvgIpc) is 2.85. The Labute approximate surface area is 127 Å². The zero-order valence-electron chi connectivity index (χ0n) is 11.4. The number of nitrogens with two attached hydrogens (primary N) is 1. The van der Waals surface area contributed by atoms with E-state index in [4.69, 9.17) is 5.84 Å². The lowest BCUT2D eigenvalue weighted by atomic mass is 10.3. The minimum absolute atomic E-state index is 0.205. The molecule has 1 aliphatic rings. The molecule has 0 bridgehead atoms. The summed E-state index contributed by atoms with van der Waals surface area (Å²) in [4.78, 5) is 11.9. The van der Waals surface area contributed by atoms with Gasteiger partial charge in [0.05, 0.1) is 23.4 Å². The van der Waals surface area contributed by atoms with Gasteiger partial charge in [0.25, 0.3) is 0 Å². The maximum Gasteiger partial charge on any atom is 0.152 e. The molecule has 114 valence electrons. The smallest absolute Gasteiger partial charge is 0.152 e. The average molecular weight is 327 g/mol. The van der Waals surface area contributed by atoms with E-state index in [0.29, 0.717) is 31.2 Å². The molecule has 0 aromatic carbocycles. The van der Waals surface area contributed by atoms with Crippen LogP contribution in [0.4, 0.5) is 5.82 Å². The zero-order valence-corrected chi connectivity index (χ0v) is 13.1. The molecule has 3 heterocycles. The van der Waals surface area contributed by atoms with Gasteiger partial charge in [0.2, 0.25) is 0 Å². The van der Waals surface area contributed by atoms with Crippen molar-refractivity contribution in [1.82, 2.24) is 14.9 Å². The first-order valence-electron chi connectivity index (χ1n) is 6.71. The van der Waals surface area contributed by atoms with Crippen molar-refractivity contribution in [3.05, 3.63) is 17.3 Å². The number of nitrogens with zero attached hydrogens (tertiary/aromatic N) is 3. The van der Waals surface area contributed by atoms with Crippen molar-refractivity contribution in [3.8, 4) is 0 Å². The maximum atomic E-state index is 11.6. The van der Waals surface area contributed by atoms with Crippen LogP contribution in [0.5, 0.6) is 0 Å². The fraction of sp³-hybridized carbons (Fsp3) is 0.500. The number of hydrogen-bond acceptors (Lipinski definition) is 8. The normalized spacial score (nSPS) is 19.5. The Balaban J connectivity index is 1.81. The van der Waals surface area contributed by atoms with E-state index < -0.39 is 9.84 Å². The second-order valence-corrected chi connectivity index (χ2v) is 8.25. The van der Waals surface area contributed by atoms with Crippen LogP contribution in [0.15, 0.2) is 11.4 Å². The zero-order chi connectivity index (χ0) is 14.9. The molecule has 0 radical (unpaired) electrons. The summed E-state index contributed by atoms with van der Waals surface area (Å²) in [7, 11) is -2.90. The van der Waals surface area contributed by atoms with Gasteiger partial charge in [0, 0.05) is 6.54 Å². The Bertz CT molecular complexity index is 743. The summed E-state index contributed by atoms with van der Waals surface area (Å²) in [5.74, 6) is 7.26. The molecule has 1 saturated heterocycles. The monoisotopic (exact) mass is 327 g/mol. The van der Waals surface area contributed by atoms with Gasteiger partial charge in [-0.3, -0.25) is 4.90 Å². The summed E-state index contributed by atoms with van der Waals surface area (Å²) in [6, 6.07) is 1.93. The van der Waals surface area contributed by atoms with Crippen LogP contribution in [0.2, 0.25) is 0 Å². The number of aromatic nitrogens is 2. The van der Waals surface area contributed by atoms with Crippen molar-refractivity contribution in [2.45, 2.75) is 13.0 Å². The largest absolute Gasteiger partial charge is 0.308 e. The molecule has 21 heavy (non-hydrogen) atoms. The highest BCUT2D eigenvalue weighted by Gasteiger charge is 2.20. The summed E-state index contributed by atoms with van der Waals surface area (Å²) in [5, 5.41) is 2.85. The Hall–Kier alpha value is -1.29. The van der Waals surface area contributed by atoms with Gasteiger partial charge in [-0.1, -0.05) is 0 Å². The van der Waals surface area contributed by atoms with Crippen molar-refractivity contribution in [3.63, 3.8) is 0 Å². The molecule has 7 nitrogen and oxygen atoms in total. The second-order valence-electron chi connectivity index (χ2n) is 5.05. The van der Waals surface area contributed by atoms with Crippen molar-refractivity contribution >= 4 is 37.2 Å². The molecule has 0 aliphatic carbocycles. The summed E-state index contributed by atoms with van der Waals surface area (Å²) < 4.78 is 23.3. The standard InChI is InChI=1S/C12H17N5O2S2/c13-16-11-9-2-5-20-12(9)15-10(14-11)8-17-3-1-6-21(18,19)7-4-17/h2,5H,1,3-4,6-8,13H2,(H,14,15,16). The van der Waals surface area contributed by atoms with Gasteiger partial charge in [0.15, 0.2) is 15.7 Å². The van der Waals surface area contributed by atoms with Gasteiger partial charge in [-0.25, -0.2) is 24.2 Å². The minimum atomic E-state index is -2.90. The molecule has 2 aromatic rings. The Morgan fingerprint density at radius 1 is 1.33 bits per heavy atom. The number of anilines is 1. The van der Waals surface area contributed by atoms with Crippen molar-refractivity contribution < 1.29 is 8.42 Å². The van der Waals surface area contributed by atoms with Gasteiger partial charge >= 0.3 is 0 Å². The lowest BCUT2D eigenvalue weighted by Gasteiger charge is -2.18. The molecule has 0 atom stereocenters. The van der Waals surface area contributed by atoms with Crippen LogP contribution >= 0.6 is 11.3 Å². The third-order valence-electron chi connectivity index (χ3n) is 3.52. The van der Waals surface area contributed by atoms with E-state index in [1.165, 1.54) is 11.3 Å². The van der Waals surface area contributed by atoms with E-state index in [9.17, 15) is 8.42 Å². The Morgan fingerprint density at radius 3 is 3.00 bits per heavy atom. The van der Waals surface area contributed by atoms with E-state index in [1.807, 2.05) is 11.4 Å². The number of hydrazine groups is 1. The highest BCUT2D eigenvalue weighted by Crippen LogP contribution is 2.24. The van der Waals surface area contributed by atoms with Crippen LogP contribution in [0.1, 0.15) is 12.2 Å². The van der Waals surface area contributed by atoms with E-state index in [-0.39, 0.29) is 11.5 Å². The lowest BCUT2D eigenvalue weighted by Crippen LogP contribution is -2.27. The van der Waals surface area contributed by atoms with Gasteiger partial charge in [-0.05, 0) is 24.4 Å². The summed E-state index contributed by atoms with van der Waals surface area (Å²) >= 11 is 1.54. The number of sulfone groups is 1. The van der Waals surface area contributed by atoms with Gasteiger partial charge in [-0.2, -0.15) is 0 Å². The number of nitrogens with one attached hydrogen (secondary N) is 1. The number of hydrogen-bond donors (Lipinski definition) is 2. The lowest BCUT2D eigenvalue weighted by molar-refractivity contribution is 0.280. The SMILES string of the molecule is NNc1nc(CN2CCCS(=O)(=O)CC2)nc2sccc12. The van der Waals surface area contributed by atoms with Crippen LogP contribution in [-0.2, 0) is 16.4 Å². The number of thiophene rings is 1. The molecule has 0 saturated carbocycles. The van der Waals surface area contributed by atoms with Gasteiger partial charge in [-0.15, -0.1) is 11.3 Å². The van der Waals surface area contributed by atoms with Crippen LogP contribution in [0, 0.1) is 0 Å². The molecule has 0 amide bonds. The molecule has 9 heteroatoms. The van der Waals surface area contributed by atoms with Crippen LogP contribution in [-0.4, -0.2) is 47.9 Å². The number of nitrogen functional groups attached to an aromatic ring is 1. The van der Waals surface area contributed by atoms with Crippen molar-refractivity contribution in [2.75, 3.05) is 30.0 Å². The van der Waals surface area contributed by atoms with Crippen LogP contribution < -0.4 is 11.3 Å². The van der Waals surface area contributed by atoms with Crippen LogP contribution in [0.3, 0.4) is 0 Å². The Morgan fingerprint density at radius 2 is 2.19 bits per heavy atom. The topological polar surface area (TPSA) is 101 Å². The predicted octanol–water partition coefficient (Wildman–Crippen LogP) is 0.597. The van der Waals surface area contributed by atoms with Crippen molar-refractivity contribution in [1.29, 1.82) is 0 Å². The molecule has 1 fully saturated rings. The highest BCUT2D eigenvalue weighted by atomic mass is 32.2. The first kappa shape index (κ1) is 14.6. The molecule has 2 aromatic heterocycles. The third kappa shape index (κ3) is 3.31. The molecular weight excluding hydrogens is 310 g/mol. The second kappa shape index (κ2) is 5.84. The summed E-state index contributed by atoms with van der Waals surface area (Å²) in [5.41, 5.74) is 2.60. The Kier molecular flexibility index (Phi) is 4.07. The maximum absolute atomic E-state index is 11.6. The fourth-order valence-electron chi connectivity index (χ4n) is 2.43. The molecule has 3 N–H and O–H groups in total. The van der Waals surface area contributed by atoms with Gasteiger partial charge < -0.3 is 5.43 Å². The quantitative estimate of drug-likeness (QED) is 0.628. The van der Waals surface area contributed by atoms with E-state index in [2.05, 4.69) is 20.3 Å². The molecule has 0 spiro atoms. The van der Waals surface area contributed by atoms with Crippen LogP contribution in [0.25, 0.3) is 10.2 Å². The fourth-order valence-corrected chi connectivity index (χ4v) is 4.52. The van der Waals surface area contributed by atoms with E-state index in [0.717, 1.165) is 16.8 Å². The molecule has 1 aliphatic heterocycles. The molecular formula is C12H17N5O2S2. The number of rotatable bonds is 3. The molecule has 3 rings (SSSR count). The first-order valence-corrected chi connectivity index (χ1v) is 9.41. The first-order chi connectivity index (χ1) is 10.1. The number of fused-ring (bicyclic) bond motifs is 1.